The summed E-state index contributed by atoms with van der Waals surface area (Å²) in [6, 6.07) is 2.85. The molecule has 0 saturated carbocycles. The molecule has 0 radical (unpaired) electrons. The second-order valence-electron chi connectivity index (χ2n) is 4.80. The normalized spacial score (nSPS) is 18.1. The number of rotatable bonds is 4. The highest BCUT2D eigenvalue weighted by molar-refractivity contribution is 5.85. The van der Waals surface area contributed by atoms with Crippen LogP contribution in [0.25, 0.3) is 0 Å². The fourth-order valence-corrected chi connectivity index (χ4v) is 2.11. The van der Waals surface area contributed by atoms with Crippen molar-refractivity contribution in [1.29, 1.82) is 0 Å². The Bertz CT molecular complexity index is 489. The van der Waals surface area contributed by atoms with Gasteiger partial charge in [0.2, 0.25) is 0 Å². The molecular weight excluding hydrogens is 262 g/mol. The number of urea groups is 1. The average Bonchev–Trinajstić information content (AvgIpc) is 2.94. The van der Waals surface area contributed by atoms with E-state index in [0.29, 0.717) is 19.6 Å². The summed E-state index contributed by atoms with van der Waals surface area (Å²) < 4.78 is 0. The number of carboxylic acid groups (broad SMARTS) is 1. The number of nitrogens with zero attached hydrogens (tertiary/aromatic N) is 2. The van der Waals surface area contributed by atoms with E-state index in [9.17, 15) is 9.59 Å². The van der Waals surface area contributed by atoms with Gasteiger partial charge in [-0.3, -0.25) is 0 Å². The third kappa shape index (κ3) is 3.45. The standard InChI is InChI=1S/C13H17N3O4/c17-8-10-3-4-16(7-10)13(20)15-6-9-1-2-11(12(18)19)14-5-9/h1-2,5,10,17H,3-4,6-8H2,(H,15,20)(H,18,19). The molecule has 108 valence electrons. The van der Waals surface area contributed by atoms with E-state index in [1.54, 1.807) is 11.0 Å². The first-order chi connectivity index (χ1) is 9.60. The number of hydrogen-bond donors (Lipinski definition) is 3. The molecule has 2 amide bonds. The van der Waals surface area contributed by atoms with E-state index in [2.05, 4.69) is 10.3 Å². The molecule has 3 N–H and O–H groups in total. The number of aliphatic hydroxyl groups excluding tert-OH is 1. The van der Waals surface area contributed by atoms with Gasteiger partial charge in [0.25, 0.3) is 0 Å². The summed E-state index contributed by atoms with van der Waals surface area (Å²) >= 11 is 0. The van der Waals surface area contributed by atoms with Gasteiger partial charge in [-0.1, -0.05) is 6.07 Å². The summed E-state index contributed by atoms with van der Waals surface area (Å²) in [5, 5.41) is 20.5. The van der Waals surface area contributed by atoms with E-state index in [1.807, 2.05) is 0 Å². The number of hydrogen-bond acceptors (Lipinski definition) is 4. The van der Waals surface area contributed by atoms with E-state index >= 15 is 0 Å². The molecule has 0 aliphatic carbocycles. The largest absolute Gasteiger partial charge is 0.477 e. The van der Waals surface area contributed by atoms with Gasteiger partial charge in [0.15, 0.2) is 0 Å². The van der Waals surface area contributed by atoms with Crippen LogP contribution in [0, 0.1) is 5.92 Å². The van der Waals surface area contributed by atoms with Crippen LogP contribution in [0.5, 0.6) is 0 Å². The molecule has 7 heteroatoms. The van der Waals surface area contributed by atoms with Gasteiger partial charge in [0, 0.05) is 38.4 Å². The lowest BCUT2D eigenvalue weighted by Gasteiger charge is -2.17. The second kappa shape index (κ2) is 6.33. The zero-order chi connectivity index (χ0) is 14.5. The van der Waals surface area contributed by atoms with E-state index in [-0.39, 0.29) is 24.2 Å². The minimum atomic E-state index is -1.08. The summed E-state index contributed by atoms with van der Waals surface area (Å²) in [5.41, 5.74) is 0.715. The van der Waals surface area contributed by atoms with Crippen molar-refractivity contribution < 1.29 is 19.8 Å². The van der Waals surface area contributed by atoms with Crippen LogP contribution in [-0.2, 0) is 6.54 Å². The van der Waals surface area contributed by atoms with Crippen molar-refractivity contribution >= 4 is 12.0 Å². The predicted molar refractivity (Wildman–Crippen MR) is 70.2 cm³/mol. The van der Waals surface area contributed by atoms with Gasteiger partial charge in [-0.25, -0.2) is 14.6 Å². The maximum absolute atomic E-state index is 11.9. The summed E-state index contributed by atoms with van der Waals surface area (Å²) in [4.78, 5) is 28.0. The average molecular weight is 279 g/mol. The van der Waals surface area contributed by atoms with Crippen LogP contribution in [0.3, 0.4) is 0 Å². The monoisotopic (exact) mass is 279 g/mol. The Kier molecular flexibility index (Phi) is 4.52. The minimum absolute atomic E-state index is 0.0228. The number of pyridine rings is 1. The van der Waals surface area contributed by atoms with Crippen molar-refractivity contribution in [1.82, 2.24) is 15.2 Å². The van der Waals surface area contributed by atoms with Crippen LogP contribution in [0.15, 0.2) is 18.3 Å². The van der Waals surface area contributed by atoms with Crippen LogP contribution >= 0.6 is 0 Å². The summed E-state index contributed by atoms with van der Waals surface area (Å²) in [6.07, 6.45) is 2.25. The Morgan fingerprint density at radius 1 is 1.45 bits per heavy atom. The van der Waals surface area contributed by atoms with Gasteiger partial charge in [-0.05, 0) is 18.1 Å². The molecule has 1 fully saturated rings. The zero-order valence-corrected chi connectivity index (χ0v) is 11.0. The van der Waals surface area contributed by atoms with Crippen LogP contribution < -0.4 is 5.32 Å². The summed E-state index contributed by atoms with van der Waals surface area (Å²) in [5.74, 6) is -0.912. The first kappa shape index (κ1) is 14.3. The maximum atomic E-state index is 11.9. The van der Waals surface area contributed by atoms with Crippen molar-refractivity contribution in [2.75, 3.05) is 19.7 Å². The van der Waals surface area contributed by atoms with Gasteiger partial charge in [0.05, 0.1) is 0 Å². The molecule has 2 heterocycles. The number of aliphatic hydroxyl groups is 1. The zero-order valence-electron chi connectivity index (χ0n) is 11.0. The van der Waals surface area contributed by atoms with Gasteiger partial charge >= 0.3 is 12.0 Å². The van der Waals surface area contributed by atoms with Gasteiger partial charge in [-0.15, -0.1) is 0 Å². The summed E-state index contributed by atoms with van der Waals surface area (Å²) in [6.45, 7) is 1.61. The van der Waals surface area contributed by atoms with Crippen molar-refractivity contribution in [3.05, 3.63) is 29.6 Å². The third-order valence-electron chi connectivity index (χ3n) is 3.32. The molecule has 1 atom stereocenters. The fraction of sp³-hybridized carbons (Fsp3) is 0.462. The Hall–Kier alpha value is -2.15. The first-order valence-corrected chi connectivity index (χ1v) is 6.42. The fourth-order valence-electron chi connectivity index (χ4n) is 2.11. The van der Waals surface area contributed by atoms with Crippen molar-refractivity contribution in [2.45, 2.75) is 13.0 Å². The number of amides is 2. The number of aromatic nitrogens is 1. The van der Waals surface area contributed by atoms with Crippen LogP contribution in [0.1, 0.15) is 22.5 Å². The lowest BCUT2D eigenvalue weighted by atomic mass is 10.1. The SMILES string of the molecule is O=C(O)c1ccc(CNC(=O)N2CCC(CO)C2)cn1. The highest BCUT2D eigenvalue weighted by atomic mass is 16.4. The lowest BCUT2D eigenvalue weighted by Crippen LogP contribution is -2.38. The number of carboxylic acids is 1. The van der Waals surface area contributed by atoms with Gasteiger partial charge < -0.3 is 20.4 Å². The predicted octanol–water partition coefficient (Wildman–Crippen LogP) is 0.304. The van der Waals surface area contributed by atoms with Crippen molar-refractivity contribution in [3.8, 4) is 0 Å². The van der Waals surface area contributed by atoms with E-state index in [0.717, 1.165) is 12.0 Å². The number of carbonyl (C=O) groups excluding carboxylic acids is 1. The highest BCUT2D eigenvalue weighted by Crippen LogP contribution is 2.15. The van der Waals surface area contributed by atoms with Crippen molar-refractivity contribution in [3.63, 3.8) is 0 Å². The molecule has 0 aromatic carbocycles. The quantitative estimate of drug-likeness (QED) is 0.735. The van der Waals surface area contributed by atoms with Gasteiger partial charge in [-0.2, -0.15) is 0 Å². The Labute approximate surface area is 116 Å². The first-order valence-electron chi connectivity index (χ1n) is 6.42. The molecule has 1 aromatic heterocycles. The molecule has 1 aromatic rings. The van der Waals surface area contributed by atoms with Crippen LogP contribution in [0.4, 0.5) is 4.79 Å². The number of nitrogens with one attached hydrogen (secondary N) is 1. The molecule has 0 bridgehead atoms. The Balaban J connectivity index is 1.83. The van der Waals surface area contributed by atoms with Crippen molar-refractivity contribution in [2.24, 2.45) is 5.92 Å². The molecular formula is C13H17N3O4. The van der Waals surface area contributed by atoms with Crippen LogP contribution in [-0.4, -0.2) is 51.8 Å². The van der Waals surface area contributed by atoms with E-state index < -0.39 is 5.97 Å². The maximum Gasteiger partial charge on any atom is 0.354 e. The number of likely N-dealkylation sites (tertiary alicyclic amines) is 1. The Morgan fingerprint density at radius 3 is 2.80 bits per heavy atom. The van der Waals surface area contributed by atoms with E-state index in [4.69, 9.17) is 10.2 Å². The lowest BCUT2D eigenvalue weighted by molar-refractivity contribution is 0.0690. The number of carbonyl (C=O) groups is 2. The molecule has 2 rings (SSSR count). The topological polar surface area (TPSA) is 103 Å². The molecule has 0 spiro atoms. The number of aromatic carboxylic acids is 1. The third-order valence-corrected chi connectivity index (χ3v) is 3.32. The van der Waals surface area contributed by atoms with Crippen LogP contribution in [0.2, 0.25) is 0 Å². The Morgan fingerprint density at radius 2 is 2.25 bits per heavy atom. The highest BCUT2D eigenvalue weighted by Gasteiger charge is 2.25. The van der Waals surface area contributed by atoms with E-state index in [1.165, 1.54) is 12.3 Å². The van der Waals surface area contributed by atoms with Gasteiger partial charge in [0.1, 0.15) is 5.69 Å². The molecule has 1 saturated heterocycles. The molecule has 7 nitrogen and oxygen atoms in total. The molecule has 1 unspecified atom stereocenters. The smallest absolute Gasteiger partial charge is 0.354 e. The molecule has 1 aliphatic rings. The molecule has 1 aliphatic heterocycles. The minimum Gasteiger partial charge on any atom is -0.477 e. The summed E-state index contributed by atoms with van der Waals surface area (Å²) in [7, 11) is 0. The second-order valence-corrected chi connectivity index (χ2v) is 4.80. The molecule has 20 heavy (non-hydrogen) atoms.